The molecule has 0 saturated heterocycles. The zero-order chi connectivity index (χ0) is 13.7. The predicted octanol–water partition coefficient (Wildman–Crippen LogP) is 3.62. The molecule has 0 saturated carbocycles. The lowest BCUT2D eigenvalue weighted by Crippen LogP contribution is -2.45. The van der Waals surface area contributed by atoms with E-state index in [-0.39, 0.29) is 11.8 Å². The summed E-state index contributed by atoms with van der Waals surface area (Å²) in [6.45, 7) is 11.6. The lowest BCUT2D eigenvalue weighted by atomic mass is 10.0. The lowest BCUT2D eigenvalue weighted by Gasteiger charge is -2.33. The fourth-order valence-electron chi connectivity index (χ4n) is 2.23. The SMILES string of the molecule is CC(C)CN(C(C)C)C(C)C(=O)c1ccccc1. The van der Waals surface area contributed by atoms with Crippen LogP contribution in [-0.2, 0) is 0 Å². The molecule has 0 fully saturated rings. The molecule has 0 spiro atoms. The van der Waals surface area contributed by atoms with Gasteiger partial charge in [0.15, 0.2) is 5.78 Å². The molecule has 0 heterocycles. The first kappa shape index (κ1) is 14.9. The molecule has 0 amide bonds. The second-order valence-corrected chi connectivity index (χ2v) is 5.59. The summed E-state index contributed by atoms with van der Waals surface area (Å²) >= 11 is 0. The van der Waals surface area contributed by atoms with E-state index in [2.05, 4.69) is 32.6 Å². The van der Waals surface area contributed by atoms with Crippen LogP contribution in [0.5, 0.6) is 0 Å². The molecule has 100 valence electrons. The number of benzene rings is 1. The predicted molar refractivity (Wildman–Crippen MR) is 76.9 cm³/mol. The second-order valence-electron chi connectivity index (χ2n) is 5.59. The molecule has 2 heteroatoms. The molecule has 2 nitrogen and oxygen atoms in total. The van der Waals surface area contributed by atoms with Gasteiger partial charge in [-0.15, -0.1) is 0 Å². The minimum atomic E-state index is -0.0604. The van der Waals surface area contributed by atoms with Crippen LogP contribution in [0.1, 0.15) is 45.0 Å². The molecular formula is C16H25NO. The van der Waals surface area contributed by atoms with E-state index >= 15 is 0 Å². The highest BCUT2D eigenvalue weighted by atomic mass is 16.1. The molecule has 0 aliphatic carbocycles. The minimum Gasteiger partial charge on any atom is -0.292 e. The summed E-state index contributed by atoms with van der Waals surface area (Å²) in [4.78, 5) is 14.7. The van der Waals surface area contributed by atoms with Gasteiger partial charge in [-0.1, -0.05) is 44.2 Å². The van der Waals surface area contributed by atoms with Gasteiger partial charge >= 0.3 is 0 Å². The van der Waals surface area contributed by atoms with Crippen molar-refractivity contribution in [2.75, 3.05) is 6.54 Å². The number of carbonyl (C=O) groups is 1. The fraction of sp³-hybridized carbons (Fsp3) is 0.562. The van der Waals surface area contributed by atoms with Crippen LogP contribution in [0.25, 0.3) is 0 Å². The van der Waals surface area contributed by atoms with Crippen molar-refractivity contribution in [1.82, 2.24) is 4.90 Å². The third-order valence-electron chi connectivity index (χ3n) is 3.17. The maximum absolute atomic E-state index is 12.4. The number of carbonyl (C=O) groups excluding carboxylic acids is 1. The third-order valence-corrected chi connectivity index (χ3v) is 3.17. The Balaban J connectivity index is 2.83. The molecule has 0 aliphatic heterocycles. The van der Waals surface area contributed by atoms with E-state index in [4.69, 9.17) is 0 Å². The number of nitrogens with zero attached hydrogens (tertiary/aromatic N) is 1. The van der Waals surface area contributed by atoms with Crippen molar-refractivity contribution in [3.63, 3.8) is 0 Å². The van der Waals surface area contributed by atoms with Gasteiger partial charge in [0.1, 0.15) is 0 Å². The smallest absolute Gasteiger partial charge is 0.179 e. The molecule has 0 radical (unpaired) electrons. The van der Waals surface area contributed by atoms with Crippen molar-refractivity contribution in [2.24, 2.45) is 5.92 Å². The average Bonchev–Trinajstić information content (AvgIpc) is 2.34. The van der Waals surface area contributed by atoms with E-state index in [1.165, 1.54) is 0 Å². The van der Waals surface area contributed by atoms with Gasteiger partial charge in [-0.05, 0) is 26.7 Å². The van der Waals surface area contributed by atoms with E-state index in [0.29, 0.717) is 12.0 Å². The molecule has 0 N–H and O–H groups in total. The first-order valence-corrected chi connectivity index (χ1v) is 6.78. The summed E-state index contributed by atoms with van der Waals surface area (Å²) in [5, 5.41) is 0. The monoisotopic (exact) mass is 247 g/mol. The highest BCUT2D eigenvalue weighted by molar-refractivity contribution is 5.99. The molecule has 1 atom stereocenters. The number of hydrogen-bond acceptors (Lipinski definition) is 2. The number of ketones is 1. The molecule has 1 unspecified atom stereocenters. The van der Waals surface area contributed by atoms with Crippen LogP contribution in [0, 0.1) is 5.92 Å². The summed E-state index contributed by atoms with van der Waals surface area (Å²) in [6.07, 6.45) is 0. The Morgan fingerprint density at radius 3 is 2.06 bits per heavy atom. The van der Waals surface area contributed by atoms with Gasteiger partial charge in [-0.25, -0.2) is 0 Å². The zero-order valence-corrected chi connectivity index (χ0v) is 12.2. The summed E-state index contributed by atoms with van der Waals surface area (Å²) in [6, 6.07) is 9.89. The van der Waals surface area contributed by atoms with Crippen LogP contribution in [-0.4, -0.2) is 29.3 Å². The van der Waals surface area contributed by atoms with Crippen LogP contribution in [0.2, 0.25) is 0 Å². The van der Waals surface area contributed by atoms with Gasteiger partial charge in [0.25, 0.3) is 0 Å². The summed E-state index contributed by atoms with van der Waals surface area (Å²) in [5.41, 5.74) is 0.805. The largest absolute Gasteiger partial charge is 0.292 e. The fourth-order valence-corrected chi connectivity index (χ4v) is 2.23. The number of hydrogen-bond donors (Lipinski definition) is 0. The van der Waals surface area contributed by atoms with Gasteiger partial charge in [0, 0.05) is 18.2 Å². The van der Waals surface area contributed by atoms with E-state index in [1.807, 2.05) is 37.3 Å². The molecule has 1 aromatic carbocycles. The van der Waals surface area contributed by atoms with Gasteiger partial charge in [-0.2, -0.15) is 0 Å². The zero-order valence-electron chi connectivity index (χ0n) is 12.2. The van der Waals surface area contributed by atoms with E-state index < -0.39 is 0 Å². The first-order chi connectivity index (χ1) is 8.43. The lowest BCUT2D eigenvalue weighted by molar-refractivity contribution is 0.0763. The molecule has 18 heavy (non-hydrogen) atoms. The van der Waals surface area contributed by atoms with E-state index in [9.17, 15) is 4.79 Å². The van der Waals surface area contributed by atoms with Crippen molar-refractivity contribution in [1.29, 1.82) is 0 Å². The van der Waals surface area contributed by atoms with E-state index in [1.54, 1.807) is 0 Å². The molecule has 1 rings (SSSR count). The van der Waals surface area contributed by atoms with Crippen molar-refractivity contribution in [3.8, 4) is 0 Å². The topological polar surface area (TPSA) is 20.3 Å². The Morgan fingerprint density at radius 2 is 1.61 bits per heavy atom. The molecule has 1 aromatic rings. The van der Waals surface area contributed by atoms with Gasteiger partial charge in [-0.3, -0.25) is 9.69 Å². The van der Waals surface area contributed by atoms with Crippen molar-refractivity contribution in [2.45, 2.75) is 46.7 Å². The van der Waals surface area contributed by atoms with Crippen LogP contribution >= 0.6 is 0 Å². The third kappa shape index (κ3) is 3.95. The Labute approximate surface area is 111 Å². The quantitative estimate of drug-likeness (QED) is 0.716. The molecular weight excluding hydrogens is 222 g/mol. The Morgan fingerprint density at radius 1 is 1.06 bits per heavy atom. The summed E-state index contributed by atoms with van der Waals surface area (Å²) in [7, 11) is 0. The van der Waals surface area contributed by atoms with Gasteiger partial charge in [0.2, 0.25) is 0 Å². The Bertz CT molecular complexity index is 370. The first-order valence-electron chi connectivity index (χ1n) is 6.78. The van der Waals surface area contributed by atoms with E-state index in [0.717, 1.165) is 12.1 Å². The summed E-state index contributed by atoms with van der Waals surface area (Å²) < 4.78 is 0. The minimum absolute atomic E-state index is 0.0604. The number of Topliss-reactive ketones (excluding diaryl/α,β-unsaturated/α-hetero) is 1. The van der Waals surface area contributed by atoms with Gasteiger partial charge in [0.05, 0.1) is 6.04 Å². The summed E-state index contributed by atoms with van der Waals surface area (Å²) in [5.74, 6) is 0.781. The van der Waals surface area contributed by atoms with Crippen LogP contribution in [0.4, 0.5) is 0 Å². The highest BCUT2D eigenvalue weighted by Crippen LogP contribution is 2.14. The number of rotatable bonds is 6. The molecule has 0 bridgehead atoms. The van der Waals surface area contributed by atoms with Crippen molar-refractivity contribution < 1.29 is 4.79 Å². The molecule has 0 aromatic heterocycles. The Kier molecular flexibility index (Phi) is 5.54. The molecule has 0 aliphatic rings. The highest BCUT2D eigenvalue weighted by Gasteiger charge is 2.24. The van der Waals surface area contributed by atoms with Crippen molar-refractivity contribution in [3.05, 3.63) is 35.9 Å². The van der Waals surface area contributed by atoms with Crippen LogP contribution in [0.3, 0.4) is 0 Å². The Hall–Kier alpha value is -1.15. The maximum Gasteiger partial charge on any atom is 0.179 e. The van der Waals surface area contributed by atoms with Gasteiger partial charge < -0.3 is 0 Å². The van der Waals surface area contributed by atoms with Crippen molar-refractivity contribution >= 4 is 5.78 Å². The normalized spacial score (nSPS) is 13.3. The average molecular weight is 247 g/mol. The second kappa shape index (κ2) is 6.69. The van der Waals surface area contributed by atoms with Crippen LogP contribution in [0.15, 0.2) is 30.3 Å². The standard InChI is InChI=1S/C16H25NO/c1-12(2)11-17(13(3)4)14(5)16(18)15-9-7-6-8-10-15/h6-10,12-14H,11H2,1-5H3. The van der Waals surface area contributed by atoms with Crippen LogP contribution < -0.4 is 0 Å². The maximum atomic E-state index is 12.4.